The summed E-state index contributed by atoms with van der Waals surface area (Å²) >= 11 is 0. The molecule has 1 aliphatic heterocycles. The zero-order valence-electron chi connectivity index (χ0n) is 11.0. The number of fused-ring (bicyclic) bond motifs is 1. The predicted octanol–water partition coefficient (Wildman–Crippen LogP) is 3.02. The van der Waals surface area contributed by atoms with Crippen molar-refractivity contribution in [1.82, 2.24) is 0 Å². The van der Waals surface area contributed by atoms with Crippen LogP contribution in [-0.2, 0) is 4.79 Å². The van der Waals surface area contributed by atoms with E-state index in [0.29, 0.717) is 0 Å². The maximum atomic E-state index is 13.0. The molecule has 0 aliphatic carbocycles. The predicted molar refractivity (Wildman–Crippen MR) is 68.4 cm³/mol. The Labute approximate surface area is 122 Å². The molecule has 0 radical (unpaired) electrons. The van der Waals surface area contributed by atoms with Crippen LogP contribution in [0, 0.1) is 16.0 Å². The molecule has 1 unspecified atom stereocenters. The second-order valence-corrected chi connectivity index (χ2v) is 4.68. The molecule has 1 aromatic carbocycles. The second kappa shape index (κ2) is 5.66. The van der Waals surface area contributed by atoms with Crippen molar-refractivity contribution < 1.29 is 32.7 Å². The molecule has 0 aromatic heterocycles. The van der Waals surface area contributed by atoms with Crippen molar-refractivity contribution in [3.8, 4) is 5.75 Å². The van der Waals surface area contributed by atoms with Crippen LogP contribution in [-0.4, -0.2) is 28.8 Å². The maximum absolute atomic E-state index is 13.0. The minimum absolute atomic E-state index is 0.120. The Morgan fingerprint density at radius 2 is 2.14 bits per heavy atom. The number of carboxylic acid groups (broad SMARTS) is 1. The van der Waals surface area contributed by atoms with E-state index in [1.807, 2.05) is 0 Å². The number of hydrogen-bond acceptors (Lipinski definition) is 4. The van der Waals surface area contributed by atoms with Crippen molar-refractivity contribution in [1.29, 1.82) is 0 Å². The number of non-ortho nitro benzene ring substituents is 1. The van der Waals surface area contributed by atoms with E-state index < -0.39 is 36.0 Å². The van der Waals surface area contributed by atoms with E-state index in [4.69, 9.17) is 9.84 Å². The molecule has 6 nitrogen and oxygen atoms in total. The lowest BCUT2D eigenvalue weighted by atomic mass is 9.92. The van der Waals surface area contributed by atoms with Crippen LogP contribution < -0.4 is 4.74 Å². The summed E-state index contributed by atoms with van der Waals surface area (Å²) < 4.78 is 44.1. The Kier molecular flexibility index (Phi) is 4.07. The number of ether oxygens (including phenoxy) is 1. The largest absolute Gasteiger partial charge is 0.489 e. The van der Waals surface area contributed by atoms with Gasteiger partial charge >= 0.3 is 12.1 Å². The molecule has 22 heavy (non-hydrogen) atoms. The Morgan fingerprint density at radius 3 is 2.68 bits per heavy atom. The molecule has 0 spiro atoms. The van der Waals surface area contributed by atoms with Crippen LogP contribution >= 0.6 is 0 Å². The molecule has 0 bridgehead atoms. The van der Waals surface area contributed by atoms with Gasteiger partial charge in [0.2, 0.25) is 0 Å². The summed E-state index contributed by atoms with van der Waals surface area (Å²) in [4.78, 5) is 20.6. The van der Waals surface area contributed by atoms with Gasteiger partial charge in [-0.15, -0.1) is 0 Å². The summed E-state index contributed by atoms with van der Waals surface area (Å²) in [6.07, 6.45) is -4.76. The zero-order valence-corrected chi connectivity index (χ0v) is 11.0. The van der Waals surface area contributed by atoms with Gasteiger partial charge in [0.05, 0.1) is 17.3 Å². The molecule has 1 aromatic rings. The minimum atomic E-state index is -4.74. The number of alkyl halides is 3. The van der Waals surface area contributed by atoms with Crippen molar-refractivity contribution >= 4 is 17.7 Å². The molecule has 0 fully saturated rings. The fourth-order valence-electron chi connectivity index (χ4n) is 2.13. The van der Waals surface area contributed by atoms with Gasteiger partial charge in [0.25, 0.3) is 5.69 Å². The number of aliphatic carboxylic acids is 1. The summed E-state index contributed by atoms with van der Waals surface area (Å²) in [5.74, 6) is -3.57. The van der Waals surface area contributed by atoms with Gasteiger partial charge in [0.15, 0.2) is 0 Å². The van der Waals surface area contributed by atoms with E-state index in [0.717, 1.165) is 12.1 Å². The van der Waals surface area contributed by atoms with Crippen molar-refractivity contribution in [2.75, 3.05) is 6.61 Å². The summed E-state index contributed by atoms with van der Waals surface area (Å²) in [6, 6.07) is 3.55. The molecule has 0 saturated heterocycles. The normalized spacial score (nSPS) is 15.3. The highest BCUT2D eigenvalue weighted by Gasteiger charge is 2.44. The summed E-state index contributed by atoms with van der Waals surface area (Å²) in [5, 5.41) is 19.3. The number of benzene rings is 1. The molecule has 0 saturated carbocycles. The number of nitro groups is 1. The van der Waals surface area contributed by atoms with Crippen molar-refractivity contribution in [2.24, 2.45) is 5.92 Å². The number of carboxylic acids is 1. The molecule has 1 aliphatic rings. The molecule has 2 rings (SSSR count). The molecule has 0 amide bonds. The van der Waals surface area contributed by atoms with Gasteiger partial charge in [-0.25, -0.2) is 0 Å². The first-order valence-electron chi connectivity index (χ1n) is 6.08. The summed E-state index contributed by atoms with van der Waals surface area (Å²) in [6.45, 7) is -0.414. The van der Waals surface area contributed by atoms with E-state index in [2.05, 4.69) is 0 Å². The van der Waals surface area contributed by atoms with Crippen molar-refractivity contribution in [3.63, 3.8) is 0 Å². The first-order chi connectivity index (χ1) is 10.2. The highest BCUT2D eigenvalue weighted by atomic mass is 19.4. The Morgan fingerprint density at radius 1 is 1.45 bits per heavy atom. The average molecular weight is 317 g/mol. The zero-order chi connectivity index (χ0) is 16.5. The lowest BCUT2D eigenvalue weighted by molar-refractivity contribution is -0.384. The Bertz CT molecular complexity index is 654. The minimum Gasteiger partial charge on any atom is -0.489 e. The third kappa shape index (κ3) is 3.35. The van der Waals surface area contributed by atoms with Gasteiger partial charge in [-0.1, -0.05) is 0 Å². The fourth-order valence-corrected chi connectivity index (χ4v) is 2.13. The van der Waals surface area contributed by atoms with Crippen LogP contribution in [0.4, 0.5) is 18.9 Å². The third-order valence-electron chi connectivity index (χ3n) is 3.16. The van der Waals surface area contributed by atoms with Gasteiger partial charge in [-0.05, 0) is 17.7 Å². The molecular weight excluding hydrogens is 307 g/mol. The second-order valence-electron chi connectivity index (χ2n) is 4.68. The van der Waals surface area contributed by atoms with Gasteiger partial charge in [0, 0.05) is 17.7 Å². The SMILES string of the molecule is O=C(O)CC(C1=Cc2cc([N+](=O)[O-])ccc2OC1)C(F)(F)F. The molecule has 1 atom stereocenters. The van der Waals surface area contributed by atoms with Crippen LogP contribution in [0.2, 0.25) is 0 Å². The number of halogens is 3. The lowest BCUT2D eigenvalue weighted by Crippen LogP contribution is -2.30. The first kappa shape index (κ1) is 15.8. The number of nitro benzene ring substituents is 1. The van der Waals surface area contributed by atoms with Gasteiger partial charge < -0.3 is 9.84 Å². The number of rotatable bonds is 4. The maximum Gasteiger partial charge on any atom is 0.396 e. The van der Waals surface area contributed by atoms with Gasteiger partial charge in [0.1, 0.15) is 12.4 Å². The first-order valence-corrected chi connectivity index (χ1v) is 6.08. The Balaban J connectivity index is 2.41. The van der Waals surface area contributed by atoms with Crippen LogP contribution in [0.1, 0.15) is 12.0 Å². The quantitative estimate of drug-likeness (QED) is 0.681. The standard InChI is InChI=1S/C13H10F3NO5/c14-13(15,16)10(5-12(18)19)8-3-7-4-9(17(20)21)1-2-11(7)22-6-8/h1-4,10H,5-6H2,(H,18,19). The summed E-state index contributed by atoms with van der Waals surface area (Å²) in [7, 11) is 0. The molecule has 1 heterocycles. The van der Waals surface area contributed by atoms with Gasteiger partial charge in [-0.2, -0.15) is 13.2 Å². The monoisotopic (exact) mass is 317 g/mol. The third-order valence-corrected chi connectivity index (χ3v) is 3.16. The fraction of sp³-hybridized carbons (Fsp3) is 0.308. The molecule has 1 N–H and O–H groups in total. The van der Waals surface area contributed by atoms with E-state index in [1.54, 1.807) is 0 Å². The highest BCUT2D eigenvalue weighted by Crippen LogP contribution is 2.39. The molecular formula is C13H10F3NO5. The van der Waals surface area contributed by atoms with E-state index in [9.17, 15) is 28.1 Å². The van der Waals surface area contributed by atoms with Crippen LogP contribution in [0.15, 0.2) is 23.8 Å². The van der Waals surface area contributed by atoms with E-state index in [1.165, 1.54) is 12.1 Å². The molecule has 118 valence electrons. The van der Waals surface area contributed by atoms with Crippen molar-refractivity contribution in [3.05, 3.63) is 39.4 Å². The smallest absolute Gasteiger partial charge is 0.396 e. The van der Waals surface area contributed by atoms with E-state index in [-0.39, 0.29) is 22.6 Å². The van der Waals surface area contributed by atoms with E-state index >= 15 is 0 Å². The lowest BCUT2D eigenvalue weighted by Gasteiger charge is -2.25. The van der Waals surface area contributed by atoms with Crippen molar-refractivity contribution in [2.45, 2.75) is 12.6 Å². The van der Waals surface area contributed by atoms with Gasteiger partial charge in [-0.3, -0.25) is 14.9 Å². The van der Waals surface area contributed by atoms with Crippen LogP contribution in [0.5, 0.6) is 5.75 Å². The summed E-state index contributed by atoms with van der Waals surface area (Å²) in [5.41, 5.74) is -0.445. The van der Waals surface area contributed by atoms with Crippen LogP contribution in [0.25, 0.3) is 6.08 Å². The highest BCUT2D eigenvalue weighted by molar-refractivity contribution is 5.70. The average Bonchev–Trinajstić information content (AvgIpc) is 2.42. The number of nitrogens with zero attached hydrogens (tertiary/aromatic N) is 1. The Hall–Kier alpha value is -2.58. The number of hydrogen-bond donors (Lipinski definition) is 1. The molecule has 9 heteroatoms. The number of carbonyl (C=O) groups is 1. The van der Waals surface area contributed by atoms with Crippen LogP contribution in [0.3, 0.4) is 0 Å². The topological polar surface area (TPSA) is 89.7 Å².